The van der Waals surface area contributed by atoms with E-state index in [2.05, 4.69) is 40.3 Å². The Hall–Kier alpha value is -2.62. The molecule has 3 aromatic rings. The van der Waals surface area contributed by atoms with Gasteiger partial charge >= 0.3 is 51.4 Å². The molecule has 2 N–H and O–H groups in total. The number of ether oxygens (including phenoxy) is 1. The molecule has 0 unspecified atom stereocenters. The molecule has 0 saturated carbocycles. The number of hydrogen-bond donors (Lipinski definition) is 2. The first-order chi connectivity index (χ1) is 16.0. The van der Waals surface area contributed by atoms with Gasteiger partial charge in [0.2, 0.25) is 5.91 Å². The minimum atomic E-state index is -0.256. The molecule has 7 nitrogen and oxygen atoms in total. The van der Waals surface area contributed by atoms with E-state index in [4.69, 9.17) is 4.74 Å². The predicted molar refractivity (Wildman–Crippen MR) is 130 cm³/mol. The second-order valence-corrected chi connectivity index (χ2v) is 7.98. The molecule has 2 heterocycles. The van der Waals surface area contributed by atoms with Crippen LogP contribution < -0.4 is 66.8 Å². The average Bonchev–Trinajstić information content (AvgIpc) is 2.82. The van der Waals surface area contributed by atoms with Crippen LogP contribution in [-0.4, -0.2) is 40.3 Å². The van der Waals surface area contributed by atoms with Gasteiger partial charge in [0.25, 0.3) is 0 Å². The van der Waals surface area contributed by atoms with Gasteiger partial charge in [0.1, 0.15) is 11.5 Å². The van der Waals surface area contributed by atoms with Crippen molar-refractivity contribution in [2.45, 2.75) is 12.5 Å². The van der Waals surface area contributed by atoms with Crippen molar-refractivity contribution in [1.82, 2.24) is 9.88 Å². The van der Waals surface area contributed by atoms with Gasteiger partial charge in [-0.2, -0.15) is 19.2 Å². The maximum absolute atomic E-state index is 11.7. The number of para-hydroxylation sites is 1. The molecular weight excluding hydrogens is 453 g/mol. The van der Waals surface area contributed by atoms with Gasteiger partial charge in [-0.15, -0.1) is 6.07 Å². The molecule has 2 aromatic carbocycles. The number of amidine groups is 1. The van der Waals surface area contributed by atoms with Gasteiger partial charge in [0.05, 0.1) is 11.4 Å². The molecule has 4 rings (SSSR count). The molecule has 0 bridgehead atoms. The van der Waals surface area contributed by atoms with Crippen LogP contribution >= 0.6 is 0 Å². The zero-order chi connectivity index (χ0) is 23.3. The number of benzene rings is 2. The summed E-state index contributed by atoms with van der Waals surface area (Å²) in [7, 11) is 3.67. The van der Waals surface area contributed by atoms with Crippen LogP contribution in [0, 0.1) is 13.1 Å². The van der Waals surface area contributed by atoms with Crippen molar-refractivity contribution in [3.05, 3.63) is 98.2 Å². The number of aromatic nitrogens is 1. The fourth-order valence-electron chi connectivity index (χ4n) is 3.59. The summed E-state index contributed by atoms with van der Waals surface area (Å²) in [4.78, 5) is 22.2. The summed E-state index contributed by atoms with van der Waals surface area (Å²) in [5.41, 5.74) is 1.09. The third-order valence-electron chi connectivity index (χ3n) is 5.17. The zero-order valence-electron chi connectivity index (χ0n) is 19.4. The molecule has 0 radical (unpaired) electrons. The number of pyridine rings is 1. The molecule has 1 fully saturated rings. The molecular formula is C26H25KN5O2-. The normalized spacial score (nSPS) is 14.3. The molecule has 1 aromatic heterocycles. The van der Waals surface area contributed by atoms with Crippen molar-refractivity contribution >= 4 is 23.2 Å². The number of nitrogens with zero attached hydrogens (tertiary/aromatic N) is 3. The van der Waals surface area contributed by atoms with Crippen LogP contribution in [0.3, 0.4) is 0 Å². The van der Waals surface area contributed by atoms with Crippen molar-refractivity contribution in [3.8, 4) is 11.5 Å². The van der Waals surface area contributed by atoms with E-state index in [-0.39, 0.29) is 62.8 Å². The molecule has 34 heavy (non-hydrogen) atoms. The van der Waals surface area contributed by atoms with Crippen LogP contribution in [0.25, 0.3) is 0 Å². The number of nitrogens with one attached hydrogen (secondary N) is 2. The SMILES string of the molecule is C=CC(=O)N1CC(C)(Nc2cc[c-]c(C(=N[CH2-])Nc3ccc(Oc4ccccc4)cc3)n2)C1.[K+]. The summed E-state index contributed by atoms with van der Waals surface area (Å²) in [5.74, 6) is 2.59. The van der Waals surface area contributed by atoms with Crippen molar-refractivity contribution in [2.24, 2.45) is 4.99 Å². The van der Waals surface area contributed by atoms with Gasteiger partial charge in [-0.05, 0) is 60.9 Å². The first kappa shape index (κ1) is 26.0. The third-order valence-corrected chi connectivity index (χ3v) is 5.17. The first-order valence-electron chi connectivity index (χ1n) is 10.5. The van der Waals surface area contributed by atoms with E-state index in [0.29, 0.717) is 30.4 Å². The van der Waals surface area contributed by atoms with Crippen molar-refractivity contribution in [3.63, 3.8) is 0 Å². The summed E-state index contributed by atoms with van der Waals surface area (Å²) < 4.78 is 5.83. The minimum absolute atomic E-state index is 0. The van der Waals surface area contributed by atoms with E-state index in [9.17, 15) is 4.79 Å². The van der Waals surface area contributed by atoms with Crippen LogP contribution in [0.1, 0.15) is 12.6 Å². The van der Waals surface area contributed by atoms with Crippen LogP contribution in [-0.2, 0) is 4.79 Å². The Kier molecular flexibility index (Phi) is 8.93. The second kappa shape index (κ2) is 11.7. The van der Waals surface area contributed by atoms with Gasteiger partial charge in [-0.25, -0.2) is 0 Å². The van der Waals surface area contributed by atoms with Crippen LogP contribution in [0.5, 0.6) is 11.5 Å². The Morgan fingerprint density at radius 1 is 1.18 bits per heavy atom. The fourth-order valence-corrected chi connectivity index (χ4v) is 3.59. The number of amides is 1. The maximum Gasteiger partial charge on any atom is 1.00 e. The van der Waals surface area contributed by atoms with Crippen LogP contribution in [0.2, 0.25) is 0 Å². The predicted octanol–water partition coefficient (Wildman–Crippen LogP) is 1.53. The number of anilines is 2. The fraction of sp³-hybridized carbons (Fsp3) is 0.154. The molecule has 1 aliphatic heterocycles. The standard InChI is InChI=1S/C26H25N5O2.K/c1-4-24(32)31-17-26(2,18-31)30-23-12-8-11-22(29-23)25(27-3)28-19-13-15-21(16-14-19)33-20-9-6-5-7-10-20;/h4-10,12-16H,1,3,17-18H2,2H3,(H,27,28)(H,29,30);/q-2;+1. The summed E-state index contributed by atoms with van der Waals surface area (Å²) in [6, 6.07) is 23.9. The van der Waals surface area contributed by atoms with Crippen molar-refractivity contribution in [2.75, 3.05) is 23.7 Å². The van der Waals surface area contributed by atoms with Crippen LogP contribution in [0.15, 0.2) is 84.4 Å². The number of carbonyl (C=O) groups is 1. The largest absolute Gasteiger partial charge is 1.00 e. The van der Waals surface area contributed by atoms with Crippen molar-refractivity contribution in [1.29, 1.82) is 0 Å². The van der Waals surface area contributed by atoms with Gasteiger partial charge in [-0.1, -0.05) is 24.8 Å². The van der Waals surface area contributed by atoms with Gasteiger partial charge < -0.3 is 25.3 Å². The Bertz CT molecular complexity index is 1160. The van der Waals surface area contributed by atoms with Gasteiger partial charge in [0.15, 0.2) is 0 Å². The summed E-state index contributed by atoms with van der Waals surface area (Å²) in [6.45, 7) is 6.75. The Balaban J connectivity index is 0.00000324. The maximum atomic E-state index is 11.7. The summed E-state index contributed by atoms with van der Waals surface area (Å²) in [6.07, 6.45) is 1.33. The van der Waals surface area contributed by atoms with E-state index < -0.39 is 0 Å². The second-order valence-electron chi connectivity index (χ2n) is 7.98. The molecule has 0 atom stereocenters. The number of aliphatic imine (C=N–C) groups is 1. The van der Waals surface area contributed by atoms with E-state index in [0.717, 1.165) is 17.2 Å². The molecule has 168 valence electrons. The average molecular weight is 479 g/mol. The van der Waals surface area contributed by atoms with E-state index in [1.54, 1.807) is 11.0 Å². The molecule has 1 saturated heterocycles. The Morgan fingerprint density at radius 3 is 2.50 bits per heavy atom. The Morgan fingerprint density at radius 2 is 1.85 bits per heavy atom. The van der Waals surface area contributed by atoms with Crippen LogP contribution in [0.4, 0.5) is 11.5 Å². The van der Waals surface area contributed by atoms with Gasteiger partial charge in [-0.3, -0.25) is 9.78 Å². The number of rotatable bonds is 7. The monoisotopic (exact) mass is 478 g/mol. The smallest absolute Gasteiger partial charge is 0.457 e. The molecule has 0 spiro atoms. The molecule has 8 heteroatoms. The number of likely N-dealkylation sites (tertiary alicyclic amines) is 1. The van der Waals surface area contributed by atoms with E-state index in [1.165, 1.54) is 6.08 Å². The topological polar surface area (TPSA) is 78.9 Å². The first-order valence-corrected chi connectivity index (χ1v) is 10.5. The number of carbonyl (C=O) groups excluding carboxylic acids is 1. The molecule has 0 aliphatic carbocycles. The van der Waals surface area contributed by atoms with E-state index in [1.807, 2.05) is 67.6 Å². The summed E-state index contributed by atoms with van der Waals surface area (Å²) in [5, 5.41) is 6.63. The minimum Gasteiger partial charge on any atom is -0.457 e. The Labute approximate surface area is 242 Å². The van der Waals surface area contributed by atoms with Crippen molar-refractivity contribution < 1.29 is 60.9 Å². The quantitative estimate of drug-likeness (QED) is 0.177. The third kappa shape index (κ3) is 6.49. The summed E-state index contributed by atoms with van der Waals surface area (Å²) >= 11 is 0. The van der Waals surface area contributed by atoms with Gasteiger partial charge in [0, 0.05) is 18.8 Å². The molecule has 1 amide bonds. The van der Waals surface area contributed by atoms with E-state index >= 15 is 0 Å². The number of hydrogen-bond acceptors (Lipinski definition) is 5. The zero-order valence-corrected chi connectivity index (χ0v) is 22.5. The molecule has 1 aliphatic rings.